The van der Waals surface area contributed by atoms with Crippen molar-refractivity contribution < 1.29 is 25.1 Å². The number of phenols is 1. The van der Waals surface area contributed by atoms with E-state index in [2.05, 4.69) is 64.6 Å². The number of halogens is 2. The molecule has 0 heterocycles. The molecule has 0 atom stereocenters. The molecule has 1 aliphatic carbocycles. The molecular weight excluding hydrogens is 375 g/mol. The first kappa shape index (κ1) is 28.5. The van der Waals surface area contributed by atoms with E-state index in [0.29, 0.717) is 11.2 Å². The molecule has 0 radical (unpaired) electrons. The first-order valence-corrected chi connectivity index (χ1v) is 8.64. The minimum absolute atomic E-state index is 0. The molecule has 1 N–H and O–H groups in total. The molecule has 0 bridgehead atoms. The summed E-state index contributed by atoms with van der Waals surface area (Å²) in [4.78, 5) is 3.25. The number of aromatic hydroxyl groups is 1. The number of hydrogen-bond donors (Lipinski definition) is 1. The molecule has 0 amide bonds. The Balaban J connectivity index is -0.000000313. The van der Waals surface area contributed by atoms with E-state index in [1.807, 2.05) is 12.1 Å². The predicted molar refractivity (Wildman–Crippen MR) is 108 cm³/mol. The Morgan fingerprint density at radius 2 is 1.54 bits per heavy atom. The summed E-state index contributed by atoms with van der Waals surface area (Å²) in [6.45, 7) is 13.0. The van der Waals surface area contributed by atoms with Crippen LogP contribution in [0.1, 0.15) is 53.5 Å². The number of phenolic OH excluding ortho intramolecular Hbond substituents is 1. The van der Waals surface area contributed by atoms with Crippen LogP contribution in [0, 0.1) is 11.5 Å². The molecule has 2 rings (SSSR count). The van der Waals surface area contributed by atoms with E-state index in [0.717, 1.165) is 12.0 Å². The molecule has 135 valence electrons. The second kappa shape index (κ2) is 12.9. The number of rotatable bonds is 0. The van der Waals surface area contributed by atoms with Gasteiger partial charge in [0.1, 0.15) is 5.75 Å². The van der Waals surface area contributed by atoms with Gasteiger partial charge in [0.05, 0.1) is 0 Å². The van der Waals surface area contributed by atoms with Gasteiger partial charge in [-0.25, -0.2) is 11.6 Å². The van der Waals surface area contributed by atoms with Crippen LogP contribution in [0.3, 0.4) is 0 Å². The molecule has 0 aliphatic heterocycles. The summed E-state index contributed by atoms with van der Waals surface area (Å²) in [5.41, 5.74) is 2.94. The first-order valence-electron chi connectivity index (χ1n) is 7.53. The van der Waals surface area contributed by atoms with Gasteiger partial charge in [-0.15, -0.1) is 31.2 Å². The van der Waals surface area contributed by atoms with Gasteiger partial charge in [-0.3, -0.25) is 6.08 Å². The zero-order chi connectivity index (χ0) is 17.4. The Labute approximate surface area is 172 Å². The van der Waals surface area contributed by atoms with Gasteiger partial charge in [-0.05, 0) is 28.5 Å². The van der Waals surface area contributed by atoms with Crippen molar-refractivity contribution in [1.29, 1.82) is 0 Å². The Morgan fingerprint density at radius 3 is 1.79 bits per heavy atom. The Morgan fingerprint density at radius 1 is 1.00 bits per heavy atom. The van der Waals surface area contributed by atoms with Gasteiger partial charge in [0.15, 0.2) is 0 Å². The third-order valence-electron chi connectivity index (χ3n) is 3.22. The van der Waals surface area contributed by atoms with Gasteiger partial charge in [0.2, 0.25) is 0 Å². The van der Waals surface area contributed by atoms with Crippen LogP contribution in [-0.2, 0) is 25.4 Å². The third-order valence-corrected chi connectivity index (χ3v) is 3.22. The van der Waals surface area contributed by atoms with Gasteiger partial charge < -0.3 is 5.11 Å². The summed E-state index contributed by atoms with van der Waals surface area (Å²) in [6.07, 6.45) is 8.63. The number of allylic oxidation sites excluding steroid dienone is 4. The van der Waals surface area contributed by atoms with Crippen LogP contribution in [0.5, 0.6) is 5.75 Å². The molecule has 1 nitrogen and oxygen atoms in total. The average molecular weight is 406 g/mol. The molecule has 1 aliphatic rings. The molecule has 0 spiro atoms. The van der Waals surface area contributed by atoms with Gasteiger partial charge in [0, 0.05) is 0 Å². The monoisotopic (exact) mass is 405 g/mol. The van der Waals surface area contributed by atoms with Crippen LogP contribution in [0.25, 0.3) is 0 Å². The van der Waals surface area contributed by atoms with Crippen molar-refractivity contribution in [3.63, 3.8) is 0 Å². The zero-order valence-electron chi connectivity index (χ0n) is 15.6. The first-order chi connectivity index (χ1) is 10.1. The van der Waals surface area contributed by atoms with Crippen LogP contribution in [-0.4, -0.2) is 9.92 Å². The predicted octanol–water partition coefficient (Wildman–Crippen LogP) is 6.22. The van der Waals surface area contributed by atoms with Crippen molar-refractivity contribution >= 4 is 29.6 Å². The van der Waals surface area contributed by atoms with Crippen LogP contribution < -0.4 is 0 Å². The van der Waals surface area contributed by atoms with E-state index >= 15 is 0 Å². The van der Waals surface area contributed by atoms with Crippen molar-refractivity contribution in [1.82, 2.24) is 0 Å². The summed E-state index contributed by atoms with van der Waals surface area (Å²) < 4.78 is 0. The van der Waals surface area contributed by atoms with E-state index in [4.69, 9.17) is 0 Å². The summed E-state index contributed by atoms with van der Waals surface area (Å²) in [5, 5.41) is 9.18. The Hall–Kier alpha value is -0.336. The third kappa shape index (κ3) is 11.3. The minimum atomic E-state index is 0. The normalized spacial score (nSPS) is 12.4. The van der Waals surface area contributed by atoms with Crippen LogP contribution in [0.4, 0.5) is 0 Å². The molecular formula is C20H31Cl2OTi. The standard InChI is InChI=1S/C10H14O.C9H13.CH2.2ClH.Ti/c1-10(2,3)8-5-4-6-9(11)7-8;1-9(2,3)8-6-4-5-7-8;;;;/h4-7,11H,1-3H3;4,6H,5H2,1-3H3;1H2;2*1H;/q;-1;;;;+1. The fourth-order valence-electron chi connectivity index (χ4n) is 1.89. The summed E-state index contributed by atoms with van der Waals surface area (Å²) >= 11 is 1.75. The molecule has 1 aromatic carbocycles. The topological polar surface area (TPSA) is 20.2 Å². The molecule has 0 saturated heterocycles. The summed E-state index contributed by atoms with van der Waals surface area (Å²) in [6, 6.07) is 7.39. The fraction of sp³-hybridized carbons (Fsp3) is 0.450. The molecule has 24 heavy (non-hydrogen) atoms. The van der Waals surface area contributed by atoms with Crippen LogP contribution in [0.15, 0.2) is 42.0 Å². The Bertz CT molecular complexity index is 523. The van der Waals surface area contributed by atoms with Gasteiger partial charge in [0.25, 0.3) is 0 Å². The Kier molecular flexibility index (Phi) is 15.4. The molecule has 0 unspecified atom stereocenters. The second-order valence-electron chi connectivity index (χ2n) is 7.25. The van der Waals surface area contributed by atoms with Crippen LogP contribution in [0.2, 0.25) is 0 Å². The van der Waals surface area contributed by atoms with Crippen molar-refractivity contribution in [2.45, 2.75) is 53.4 Å². The van der Waals surface area contributed by atoms with E-state index in [9.17, 15) is 5.11 Å². The molecule has 0 aromatic heterocycles. The molecule has 4 heteroatoms. The van der Waals surface area contributed by atoms with Crippen molar-refractivity contribution in [3.8, 4) is 5.75 Å². The van der Waals surface area contributed by atoms with Gasteiger partial charge >= 0.3 is 24.8 Å². The quantitative estimate of drug-likeness (QED) is 0.401. The van der Waals surface area contributed by atoms with E-state index in [1.165, 1.54) is 5.57 Å². The number of benzene rings is 1. The van der Waals surface area contributed by atoms with Gasteiger partial charge in [-0.1, -0.05) is 53.7 Å². The SMILES string of the molecule is CC(C)(C)C1=[C-]CC=C1.CC(C)(C)c1cccc(O)c1.Cl.Cl.[CH2]=[Ti+]. The zero-order valence-corrected chi connectivity index (χ0v) is 18.8. The fourth-order valence-corrected chi connectivity index (χ4v) is 1.89. The molecule has 0 saturated carbocycles. The second-order valence-corrected chi connectivity index (χ2v) is 7.25. The molecule has 0 fully saturated rings. The average Bonchev–Trinajstić information content (AvgIpc) is 2.95. The maximum atomic E-state index is 9.18. The van der Waals surface area contributed by atoms with Crippen molar-refractivity contribution in [3.05, 3.63) is 53.6 Å². The van der Waals surface area contributed by atoms with E-state index in [-0.39, 0.29) is 30.2 Å². The van der Waals surface area contributed by atoms with Crippen molar-refractivity contribution in [2.75, 3.05) is 0 Å². The number of hydrogen-bond acceptors (Lipinski definition) is 1. The van der Waals surface area contributed by atoms with Gasteiger partial charge in [-0.2, -0.15) is 6.08 Å². The van der Waals surface area contributed by atoms with Crippen LogP contribution >= 0.6 is 24.8 Å². The summed E-state index contributed by atoms with van der Waals surface area (Å²) in [7, 11) is 0. The molecule has 1 aromatic rings. The van der Waals surface area contributed by atoms with E-state index < -0.39 is 0 Å². The van der Waals surface area contributed by atoms with E-state index in [1.54, 1.807) is 32.1 Å². The van der Waals surface area contributed by atoms with Crippen molar-refractivity contribution in [2.24, 2.45) is 5.41 Å². The summed E-state index contributed by atoms with van der Waals surface area (Å²) in [5.74, 6) is 0.345. The maximum absolute atomic E-state index is 9.18.